The molecule has 0 aliphatic carbocycles. The highest BCUT2D eigenvalue weighted by Gasteiger charge is 2.31. The minimum Gasteiger partial charge on any atom is -0.482 e. The summed E-state index contributed by atoms with van der Waals surface area (Å²) >= 11 is 0. The summed E-state index contributed by atoms with van der Waals surface area (Å²) in [4.78, 5) is 22.7. The number of sulfonamides is 1. The maximum Gasteiger partial charge on any atom is 0.341 e. The first kappa shape index (κ1) is 19.9. The number of carbonyl (C=O) groups is 2. The molecule has 134 valence electrons. The molecule has 9 heteroatoms. The van der Waals surface area contributed by atoms with E-state index in [2.05, 4.69) is 10.0 Å². The van der Waals surface area contributed by atoms with Gasteiger partial charge in [0.2, 0.25) is 15.9 Å². The third-order valence-electron chi connectivity index (χ3n) is 3.10. The summed E-state index contributed by atoms with van der Waals surface area (Å²) in [6, 6.07) is 6.21. The van der Waals surface area contributed by atoms with Gasteiger partial charge in [-0.05, 0) is 38.5 Å². The molecule has 0 radical (unpaired) electrons. The van der Waals surface area contributed by atoms with Crippen LogP contribution >= 0.6 is 0 Å². The third-order valence-corrected chi connectivity index (χ3v) is 3.98. The van der Waals surface area contributed by atoms with E-state index in [0.29, 0.717) is 5.75 Å². The Kier molecular flexibility index (Phi) is 6.33. The first-order valence-electron chi connectivity index (χ1n) is 7.15. The van der Waals surface area contributed by atoms with E-state index in [-0.39, 0.29) is 6.04 Å². The summed E-state index contributed by atoms with van der Waals surface area (Å²) in [7, 11) is -3.52. The number of hydrogen-bond donors (Lipinski definition) is 3. The molecule has 0 bridgehead atoms. The highest BCUT2D eigenvalue weighted by molar-refractivity contribution is 7.88. The zero-order valence-electron chi connectivity index (χ0n) is 14.0. The zero-order chi connectivity index (χ0) is 18.5. The lowest BCUT2D eigenvalue weighted by atomic mass is 10.0. The topological polar surface area (TPSA) is 122 Å². The van der Waals surface area contributed by atoms with Crippen molar-refractivity contribution in [3.8, 4) is 5.75 Å². The molecule has 0 aliphatic heterocycles. The van der Waals surface area contributed by atoms with Crippen molar-refractivity contribution in [2.45, 2.75) is 32.4 Å². The van der Waals surface area contributed by atoms with Crippen LogP contribution in [0.25, 0.3) is 0 Å². The second kappa shape index (κ2) is 7.63. The van der Waals surface area contributed by atoms with E-state index in [1.165, 1.54) is 13.8 Å². The van der Waals surface area contributed by atoms with Gasteiger partial charge in [0.25, 0.3) is 0 Å². The van der Waals surface area contributed by atoms with Crippen molar-refractivity contribution >= 4 is 21.9 Å². The summed E-state index contributed by atoms with van der Waals surface area (Å²) in [5.74, 6) is -1.13. The van der Waals surface area contributed by atoms with Crippen molar-refractivity contribution in [2.75, 3.05) is 12.9 Å². The molecular weight excluding hydrogens is 336 g/mol. The van der Waals surface area contributed by atoms with Crippen molar-refractivity contribution in [1.82, 2.24) is 10.0 Å². The Morgan fingerprint density at radius 1 is 1.25 bits per heavy atom. The van der Waals surface area contributed by atoms with Gasteiger partial charge in [0.15, 0.2) is 6.61 Å². The predicted octanol–water partition coefficient (Wildman–Crippen LogP) is 0.655. The van der Waals surface area contributed by atoms with E-state index in [1.54, 1.807) is 31.2 Å². The number of carbonyl (C=O) groups excluding carboxylic acids is 1. The molecule has 0 spiro atoms. The molecule has 1 amide bonds. The van der Waals surface area contributed by atoms with Gasteiger partial charge in [0, 0.05) is 0 Å². The van der Waals surface area contributed by atoms with Gasteiger partial charge >= 0.3 is 5.97 Å². The fourth-order valence-electron chi connectivity index (χ4n) is 1.97. The summed E-state index contributed by atoms with van der Waals surface area (Å²) < 4.78 is 29.9. The number of benzene rings is 1. The SMILES string of the molecule is CC(NC(=O)C(C)(C)NS(C)(=O)=O)c1ccc(OCC(=O)O)cc1. The van der Waals surface area contributed by atoms with Crippen LogP contribution in [0.2, 0.25) is 0 Å². The predicted molar refractivity (Wildman–Crippen MR) is 88.2 cm³/mol. The molecule has 0 aliphatic rings. The Morgan fingerprint density at radius 3 is 2.25 bits per heavy atom. The summed E-state index contributed by atoms with van der Waals surface area (Å²) in [6.45, 7) is 4.26. The Hall–Kier alpha value is -2.13. The van der Waals surface area contributed by atoms with Crippen LogP contribution in [-0.4, -0.2) is 43.8 Å². The molecule has 24 heavy (non-hydrogen) atoms. The van der Waals surface area contributed by atoms with Crippen LogP contribution in [0.15, 0.2) is 24.3 Å². The van der Waals surface area contributed by atoms with Gasteiger partial charge in [0.05, 0.1) is 12.3 Å². The molecule has 0 saturated heterocycles. The largest absolute Gasteiger partial charge is 0.482 e. The maximum atomic E-state index is 12.2. The van der Waals surface area contributed by atoms with Crippen LogP contribution in [0.1, 0.15) is 32.4 Å². The molecule has 0 saturated carbocycles. The standard InChI is InChI=1S/C15H22N2O6S/c1-10(16-14(20)15(2,3)17-24(4,21)22)11-5-7-12(8-6-11)23-9-13(18)19/h5-8,10,17H,9H2,1-4H3,(H,16,20)(H,18,19). The van der Waals surface area contributed by atoms with E-state index < -0.39 is 34.0 Å². The van der Waals surface area contributed by atoms with Crippen molar-refractivity contribution < 1.29 is 27.9 Å². The maximum absolute atomic E-state index is 12.2. The smallest absolute Gasteiger partial charge is 0.341 e. The molecule has 1 aromatic rings. The third kappa shape index (κ3) is 6.55. The number of aliphatic carboxylic acids is 1. The quantitative estimate of drug-likeness (QED) is 0.627. The summed E-state index contributed by atoms with van der Waals surface area (Å²) in [5.41, 5.74) is -0.520. The Labute approximate surface area is 141 Å². The van der Waals surface area contributed by atoms with E-state index in [4.69, 9.17) is 9.84 Å². The second-order valence-electron chi connectivity index (χ2n) is 5.95. The first-order valence-corrected chi connectivity index (χ1v) is 9.04. The minimum atomic E-state index is -3.52. The van der Waals surface area contributed by atoms with Crippen LogP contribution in [0.3, 0.4) is 0 Å². The minimum absolute atomic E-state index is 0.369. The van der Waals surface area contributed by atoms with Gasteiger partial charge in [0.1, 0.15) is 11.3 Å². The van der Waals surface area contributed by atoms with Crippen LogP contribution in [0.4, 0.5) is 0 Å². The van der Waals surface area contributed by atoms with E-state index in [0.717, 1.165) is 11.8 Å². The fraction of sp³-hybridized carbons (Fsp3) is 0.467. The number of nitrogens with one attached hydrogen (secondary N) is 2. The zero-order valence-corrected chi connectivity index (χ0v) is 14.8. The Morgan fingerprint density at radius 2 is 1.79 bits per heavy atom. The molecule has 1 atom stereocenters. The van der Waals surface area contributed by atoms with E-state index in [9.17, 15) is 18.0 Å². The average molecular weight is 358 g/mol. The van der Waals surface area contributed by atoms with Crippen molar-refractivity contribution in [2.24, 2.45) is 0 Å². The lowest BCUT2D eigenvalue weighted by Crippen LogP contribution is -2.54. The van der Waals surface area contributed by atoms with Crippen LogP contribution in [0.5, 0.6) is 5.75 Å². The van der Waals surface area contributed by atoms with Crippen molar-refractivity contribution in [1.29, 1.82) is 0 Å². The average Bonchev–Trinajstić information content (AvgIpc) is 2.43. The number of amides is 1. The lowest BCUT2D eigenvalue weighted by Gasteiger charge is -2.26. The number of carboxylic acid groups (broad SMARTS) is 1. The number of hydrogen-bond acceptors (Lipinski definition) is 5. The molecule has 1 unspecified atom stereocenters. The summed E-state index contributed by atoms with van der Waals surface area (Å²) in [6.07, 6.45) is 0.987. The Bertz CT molecular complexity index is 697. The molecule has 1 rings (SSSR count). The van der Waals surface area contributed by atoms with E-state index >= 15 is 0 Å². The lowest BCUT2D eigenvalue weighted by molar-refractivity contribution is -0.139. The number of ether oxygens (including phenoxy) is 1. The fourth-order valence-corrected chi connectivity index (χ4v) is 2.99. The number of carboxylic acids is 1. The Balaban J connectivity index is 2.71. The molecule has 3 N–H and O–H groups in total. The first-order chi connectivity index (χ1) is 10.9. The highest BCUT2D eigenvalue weighted by atomic mass is 32.2. The molecular formula is C15H22N2O6S. The highest BCUT2D eigenvalue weighted by Crippen LogP contribution is 2.18. The summed E-state index contributed by atoms with van der Waals surface area (Å²) in [5, 5.41) is 11.3. The van der Waals surface area contributed by atoms with E-state index in [1.807, 2.05) is 0 Å². The van der Waals surface area contributed by atoms with Gasteiger partial charge in [-0.15, -0.1) is 0 Å². The number of rotatable bonds is 8. The second-order valence-corrected chi connectivity index (χ2v) is 7.69. The van der Waals surface area contributed by atoms with Gasteiger partial charge in [-0.25, -0.2) is 17.9 Å². The van der Waals surface area contributed by atoms with Crippen LogP contribution < -0.4 is 14.8 Å². The monoisotopic (exact) mass is 358 g/mol. The van der Waals surface area contributed by atoms with Gasteiger partial charge in [-0.3, -0.25) is 4.79 Å². The van der Waals surface area contributed by atoms with Crippen LogP contribution in [0, 0.1) is 0 Å². The van der Waals surface area contributed by atoms with Crippen molar-refractivity contribution in [3.63, 3.8) is 0 Å². The van der Waals surface area contributed by atoms with Gasteiger partial charge in [-0.1, -0.05) is 12.1 Å². The van der Waals surface area contributed by atoms with Gasteiger partial charge in [-0.2, -0.15) is 0 Å². The van der Waals surface area contributed by atoms with Gasteiger partial charge < -0.3 is 15.2 Å². The van der Waals surface area contributed by atoms with Crippen molar-refractivity contribution in [3.05, 3.63) is 29.8 Å². The normalized spacial score (nSPS) is 13.2. The molecule has 1 aromatic carbocycles. The van der Waals surface area contributed by atoms with Crippen LogP contribution in [-0.2, 0) is 19.6 Å². The molecule has 0 aromatic heterocycles. The molecule has 8 nitrogen and oxygen atoms in total. The molecule has 0 heterocycles. The molecule has 0 fully saturated rings.